The third kappa shape index (κ3) is 6.39. The molecule has 1 aromatic carbocycles. The summed E-state index contributed by atoms with van der Waals surface area (Å²) in [5.41, 5.74) is 7.38. The van der Waals surface area contributed by atoms with Crippen LogP contribution in [0.4, 0.5) is 30.6 Å². The summed E-state index contributed by atoms with van der Waals surface area (Å²) >= 11 is 0. The topological polar surface area (TPSA) is 78.4 Å². The van der Waals surface area contributed by atoms with Gasteiger partial charge >= 0.3 is 12.1 Å². The zero-order valence-electron chi connectivity index (χ0n) is 20.2. The Kier molecular flexibility index (Phi) is 8.05. The van der Waals surface area contributed by atoms with E-state index in [0.29, 0.717) is 0 Å². The van der Waals surface area contributed by atoms with Gasteiger partial charge in [0, 0.05) is 30.0 Å². The Morgan fingerprint density at radius 2 is 1.68 bits per heavy atom. The lowest BCUT2D eigenvalue weighted by atomic mass is 9.89. The van der Waals surface area contributed by atoms with Crippen LogP contribution in [0.2, 0.25) is 0 Å². The van der Waals surface area contributed by atoms with Crippen molar-refractivity contribution in [1.29, 1.82) is 0 Å². The molecule has 1 fully saturated rings. The maximum absolute atomic E-state index is 10.6. The summed E-state index contributed by atoms with van der Waals surface area (Å²) in [6.07, 6.45) is 2.96. The normalized spacial score (nSPS) is 16.0. The molecule has 0 amide bonds. The lowest BCUT2D eigenvalue weighted by Gasteiger charge is -2.28. The highest BCUT2D eigenvalue weighted by atomic mass is 19.4. The van der Waals surface area contributed by atoms with Gasteiger partial charge in [0.2, 0.25) is 5.95 Å². The number of anilines is 3. The number of aromatic nitrogens is 2. The second-order valence-corrected chi connectivity index (χ2v) is 9.34. The lowest BCUT2D eigenvalue weighted by Crippen LogP contribution is -2.29. The first-order valence-electron chi connectivity index (χ1n) is 11.7. The molecule has 2 aromatic rings. The third-order valence-corrected chi connectivity index (χ3v) is 6.48. The number of nitrogens with one attached hydrogen (secondary N) is 1. The SMILES string of the molecule is Cc1cc(C)c(Nc2nc(C)c3c(n2)N(CC2CCCCC2)CC3)c(C)c1.O=C(O)C(F)(F)F. The number of aryl methyl sites for hydroxylation is 4. The van der Waals surface area contributed by atoms with Crippen molar-refractivity contribution in [2.75, 3.05) is 23.3 Å². The molecule has 0 bridgehead atoms. The zero-order chi connectivity index (χ0) is 25.0. The van der Waals surface area contributed by atoms with E-state index in [1.807, 2.05) is 0 Å². The van der Waals surface area contributed by atoms with Crippen LogP contribution in [0.25, 0.3) is 0 Å². The summed E-state index contributed by atoms with van der Waals surface area (Å²) in [5.74, 6) is -0.0275. The van der Waals surface area contributed by atoms with Crippen molar-refractivity contribution >= 4 is 23.4 Å². The Morgan fingerprint density at radius 3 is 2.24 bits per heavy atom. The van der Waals surface area contributed by atoms with Crippen molar-refractivity contribution < 1.29 is 23.1 Å². The monoisotopic (exact) mass is 478 g/mol. The molecule has 0 atom stereocenters. The summed E-state index contributed by atoms with van der Waals surface area (Å²) in [6.45, 7) is 10.8. The Labute approximate surface area is 198 Å². The average Bonchev–Trinajstić information content (AvgIpc) is 3.14. The number of hydrogen-bond donors (Lipinski definition) is 2. The van der Waals surface area contributed by atoms with Crippen molar-refractivity contribution in [1.82, 2.24) is 9.97 Å². The van der Waals surface area contributed by atoms with Gasteiger partial charge in [0.15, 0.2) is 0 Å². The van der Waals surface area contributed by atoms with Gasteiger partial charge in [0.25, 0.3) is 0 Å². The van der Waals surface area contributed by atoms with E-state index >= 15 is 0 Å². The van der Waals surface area contributed by atoms with E-state index in [-0.39, 0.29) is 0 Å². The quantitative estimate of drug-likeness (QED) is 0.559. The summed E-state index contributed by atoms with van der Waals surface area (Å²) in [4.78, 5) is 21.2. The molecule has 186 valence electrons. The van der Waals surface area contributed by atoms with Crippen LogP contribution < -0.4 is 10.2 Å². The van der Waals surface area contributed by atoms with E-state index in [1.165, 1.54) is 54.4 Å². The van der Waals surface area contributed by atoms with Crippen LogP contribution in [0.1, 0.15) is 60.1 Å². The summed E-state index contributed by atoms with van der Waals surface area (Å²) in [5, 5.41) is 10.6. The Morgan fingerprint density at radius 1 is 1.09 bits per heavy atom. The maximum atomic E-state index is 10.6. The molecule has 4 rings (SSSR count). The summed E-state index contributed by atoms with van der Waals surface area (Å²) in [7, 11) is 0. The van der Waals surface area contributed by atoms with Crippen LogP contribution in [-0.2, 0) is 11.2 Å². The van der Waals surface area contributed by atoms with Gasteiger partial charge in [0.05, 0.1) is 0 Å². The number of fused-ring (bicyclic) bond motifs is 1. The fourth-order valence-corrected chi connectivity index (χ4v) is 4.89. The summed E-state index contributed by atoms with van der Waals surface area (Å²) < 4.78 is 31.7. The zero-order valence-corrected chi connectivity index (χ0v) is 20.2. The predicted octanol–water partition coefficient (Wildman–Crippen LogP) is 6.03. The second-order valence-electron chi connectivity index (χ2n) is 9.34. The number of halogens is 3. The number of alkyl halides is 3. The van der Waals surface area contributed by atoms with Crippen LogP contribution >= 0.6 is 0 Å². The number of benzene rings is 1. The van der Waals surface area contributed by atoms with Gasteiger partial charge in [-0.3, -0.25) is 0 Å². The molecule has 2 heterocycles. The number of carboxylic acid groups (broad SMARTS) is 1. The standard InChI is InChI=1S/C23H32N4.C2HF3O2/c1-15-12-16(2)21(17(3)13-15)25-23-24-18(4)20-10-11-27(22(20)26-23)14-19-8-6-5-7-9-19;3-2(4,5)1(6)7/h12-13,19H,5-11,14H2,1-4H3,(H,24,25,26);(H,6,7). The number of carboxylic acids is 1. The minimum atomic E-state index is -5.08. The van der Waals surface area contributed by atoms with Crippen molar-refractivity contribution in [2.45, 2.75) is 72.4 Å². The van der Waals surface area contributed by atoms with Gasteiger partial charge in [-0.2, -0.15) is 18.2 Å². The van der Waals surface area contributed by atoms with Crippen molar-refractivity contribution in [3.63, 3.8) is 0 Å². The van der Waals surface area contributed by atoms with Gasteiger partial charge in [0.1, 0.15) is 5.82 Å². The number of rotatable bonds is 4. The fraction of sp³-hybridized carbons (Fsp3) is 0.560. The molecule has 2 aliphatic rings. The molecule has 0 unspecified atom stereocenters. The first-order valence-corrected chi connectivity index (χ1v) is 11.7. The molecular weight excluding hydrogens is 445 g/mol. The maximum Gasteiger partial charge on any atom is 0.490 e. The van der Waals surface area contributed by atoms with Crippen LogP contribution in [-0.4, -0.2) is 40.3 Å². The van der Waals surface area contributed by atoms with E-state index in [4.69, 9.17) is 19.9 Å². The molecule has 6 nitrogen and oxygen atoms in total. The number of carbonyl (C=O) groups is 1. The molecule has 0 spiro atoms. The highest BCUT2D eigenvalue weighted by molar-refractivity contribution is 5.73. The first-order chi connectivity index (χ1) is 16.0. The van der Waals surface area contributed by atoms with Crippen molar-refractivity contribution in [2.24, 2.45) is 5.92 Å². The Bertz CT molecular complexity index is 1010. The molecule has 9 heteroatoms. The van der Waals surface area contributed by atoms with Crippen LogP contribution in [0.5, 0.6) is 0 Å². The van der Waals surface area contributed by atoms with E-state index < -0.39 is 12.1 Å². The van der Waals surface area contributed by atoms with Crippen LogP contribution in [0.3, 0.4) is 0 Å². The largest absolute Gasteiger partial charge is 0.490 e. The van der Waals surface area contributed by atoms with Crippen molar-refractivity contribution in [3.05, 3.63) is 40.1 Å². The molecule has 1 saturated carbocycles. The highest BCUT2D eigenvalue weighted by Gasteiger charge is 2.38. The van der Waals surface area contributed by atoms with Gasteiger partial charge in [-0.25, -0.2) is 9.78 Å². The molecule has 0 radical (unpaired) electrons. The second kappa shape index (κ2) is 10.6. The molecular formula is C25H33F3N4O2. The number of nitrogens with zero attached hydrogens (tertiary/aromatic N) is 3. The summed E-state index contributed by atoms with van der Waals surface area (Å²) in [6, 6.07) is 4.43. The molecule has 2 N–H and O–H groups in total. The number of hydrogen-bond acceptors (Lipinski definition) is 5. The smallest absolute Gasteiger partial charge is 0.475 e. The molecule has 1 aromatic heterocycles. The van der Waals surface area contributed by atoms with Crippen LogP contribution in [0, 0.1) is 33.6 Å². The molecule has 1 aliphatic carbocycles. The van der Waals surface area contributed by atoms with E-state index in [2.05, 4.69) is 50.0 Å². The molecule has 0 saturated heterocycles. The van der Waals surface area contributed by atoms with Crippen molar-refractivity contribution in [3.8, 4) is 0 Å². The van der Waals surface area contributed by atoms with Gasteiger partial charge in [-0.15, -0.1) is 0 Å². The van der Waals surface area contributed by atoms with Gasteiger partial charge < -0.3 is 15.3 Å². The average molecular weight is 479 g/mol. The predicted molar refractivity (Wildman–Crippen MR) is 127 cm³/mol. The van der Waals surface area contributed by atoms with E-state index in [0.717, 1.165) is 48.6 Å². The Balaban J connectivity index is 0.000000406. The van der Waals surface area contributed by atoms with Gasteiger partial charge in [-0.1, -0.05) is 37.0 Å². The first kappa shape index (κ1) is 25.8. The minimum absolute atomic E-state index is 0.733. The van der Waals surface area contributed by atoms with E-state index in [9.17, 15) is 13.2 Å². The number of aliphatic carboxylic acids is 1. The highest BCUT2D eigenvalue weighted by Crippen LogP contribution is 2.33. The Hall–Kier alpha value is -2.84. The fourth-order valence-electron chi connectivity index (χ4n) is 4.89. The minimum Gasteiger partial charge on any atom is -0.475 e. The molecule has 34 heavy (non-hydrogen) atoms. The third-order valence-electron chi connectivity index (χ3n) is 6.48. The lowest BCUT2D eigenvalue weighted by molar-refractivity contribution is -0.192. The van der Waals surface area contributed by atoms with Crippen LogP contribution in [0.15, 0.2) is 12.1 Å². The molecule has 1 aliphatic heterocycles. The van der Waals surface area contributed by atoms with Gasteiger partial charge in [-0.05, 0) is 64.0 Å². The van der Waals surface area contributed by atoms with E-state index in [1.54, 1.807) is 0 Å².